The molecule has 0 aromatic carbocycles. The van der Waals surface area contributed by atoms with E-state index in [1.165, 1.54) is 18.4 Å². The van der Waals surface area contributed by atoms with Crippen LogP contribution in [0.2, 0.25) is 0 Å². The fourth-order valence-corrected chi connectivity index (χ4v) is 1.97. The van der Waals surface area contributed by atoms with Crippen molar-refractivity contribution in [3.05, 3.63) is 29.1 Å². The van der Waals surface area contributed by atoms with Gasteiger partial charge in [0.25, 0.3) is 0 Å². The van der Waals surface area contributed by atoms with E-state index in [1.54, 1.807) is 6.20 Å². The molecule has 94 valence electrons. The summed E-state index contributed by atoms with van der Waals surface area (Å²) in [5.74, 6) is 0.612. The van der Waals surface area contributed by atoms with Crippen LogP contribution in [0.1, 0.15) is 35.6 Å². The summed E-state index contributed by atoms with van der Waals surface area (Å²) in [4.78, 5) is 6.03. The second-order valence-corrected chi connectivity index (χ2v) is 4.71. The summed E-state index contributed by atoms with van der Waals surface area (Å²) < 4.78 is 25.0. The van der Waals surface area contributed by atoms with Crippen LogP contribution in [0.5, 0.6) is 0 Å². The van der Waals surface area contributed by atoms with Crippen LogP contribution in [0.15, 0.2) is 12.3 Å². The minimum Gasteiger partial charge on any atom is -0.299 e. The second-order valence-electron chi connectivity index (χ2n) is 4.71. The van der Waals surface area contributed by atoms with Crippen molar-refractivity contribution in [1.82, 2.24) is 9.88 Å². The van der Waals surface area contributed by atoms with E-state index in [1.807, 2.05) is 18.0 Å². The largest absolute Gasteiger partial charge is 0.299 e. The van der Waals surface area contributed by atoms with Gasteiger partial charge in [0.2, 0.25) is 0 Å². The molecule has 0 radical (unpaired) electrons. The number of nitrogens with zero attached hydrogens (tertiary/aromatic N) is 2. The molecule has 1 aromatic rings. The minimum atomic E-state index is -0.552. The molecule has 1 aliphatic rings. The van der Waals surface area contributed by atoms with Gasteiger partial charge in [0.05, 0.1) is 5.69 Å². The number of hydrogen-bond donors (Lipinski definition) is 0. The molecule has 1 saturated carbocycles. The van der Waals surface area contributed by atoms with Crippen LogP contribution in [-0.2, 0) is 13.2 Å². The van der Waals surface area contributed by atoms with E-state index in [-0.39, 0.29) is 6.67 Å². The lowest BCUT2D eigenvalue weighted by Crippen LogP contribution is -2.21. The van der Waals surface area contributed by atoms with Crippen LogP contribution < -0.4 is 0 Å². The molecule has 0 saturated heterocycles. The molecule has 0 spiro atoms. The molecule has 2 rings (SSSR count). The summed E-state index contributed by atoms with van der Waals surface area (Å²) in [7, 11) is 1.84. The molecule has 0 bridgehead atoms. The number of alkyl halides is 2. The normalized spacial score (nSPS) is 15.5. The summed E-state index contributed by atoms with van der Waals surface area (Å²) in [5, 5.41) is 0. The van der Waals surface area contributed by atoms with Crippen molar-refractivity contribution in [3.63, 3.8) is 0 Å². The van der Waals surface area contributed by atoms with Crippen molar-refractivity contribution >= 4 is 0 Å². The molecule has 1 aromatic heterocycles. The zero-order valence-electron chi connectivity index (χ0n) is 10.1. The van der Waals surface area contributed by atoms with Crippen LogP contribution in [-0.4, -0.2) is 30.2 Å². The van der Waals surface area contributed by atoms with E-state index in [2.05, 4.69) is 4.98 Å². The molecule has 1 heterocycles. The van der Waals surface area contributed by atoms with Crippen molar-refractivity contribution in [2.75, 3.05) is 20.3 Å². The lowest BCUT2D eigenvalue weighted by atomic mass is 10.1. The molecule has 0 aliphatic heterocycles. The van der Waals surface area contributed by atoms with Gasteiger partial charge in [-0.05, 0) is 36.9 Å². The van der Waals surface area contributed by atoms with Gasteiger partial charge in [0.15, 0.2) is 0 Å². The smallest absolute Gasteiger partial charge is 0.132 e. The standard InChI is InChI=1S/C13H18F2N2/c1-17(5-4-14)9-12-6-11(10-2-3-10)8-16-13(12)7-15/h6,8,10H,2-5,7,9H2,1H3. The third-order valence-electron chi connectivity index (χ3n) is 3.16. The quantitative estimate of drug-likeness (QED) is 0.760. The molecular formula is C13H18F2N2. The van der Waals surface area contributed by atoms with Gasteiger partial charge in [-0.3, -0.25) is 9.88 Å². The molecule has 0 unspecified atom stereocenters. The molecular weight excluding hydrogens is 222 g/mol. The number of hydrogen-bond acceptors (Lipinski definition) is 2. The van der Waals surface area contributed by atoms with Crippen molar-refractivity contribution < 1.29 is 8.78 Å². The van der Waals surface area contributed by atoms with Crippen LogP contribution in [0.3, 0.4) is 0 Å². The summed E-state index contributed by atoms with van der Waals surface area (Å²) in [6.45, 7) is 0.0110. The zero-order chi connectivity index (χ0) is 12.3. The molecule has 0 atom stereocenters. The van der Waals surface area contributed by atoms with Gasteiger partial charge in [0.1, 0.15) is 13.3 Å². The Balaban J connectivity index is 2.13. The summed E-state index contributed by atoms with van der Waals surface area (Å²) in [5.41, 5.74) is 2.58. The minimum absolute atomic E-state index is 0.374. The Bertz CT molecular complexity index is 378. The number of pyridine rings is 1. The average Bonchev–Trinajstić information content (AvgIpc) is 3.13. The molecule has 2 nitrogen and oxygen atoms in total. The van der Waals surface area contributed by atoms with E-state index in [9.17, 15) is 8.78 Å². The van der Waals surface area contributed by atoms with Crippen LogP contribution in [0, 0.1) is 0 Å². The Morgan fingerprint density at radius 1 is 1.41 bits per heavy atom. The second kappa shape index (κ2) is 5.54. The third kappa shape index (κ3) is 3.22. The van der Waals surface area contributed by atoms with Crippen LogP contribution in [0.25, 0.3) is 0 Å². The molecule has 1 fully saturated rings. The Hall–Kier alpha value is -1.03. The predicted molar refractivity (Wildman–Crippen MR) is 63.3 cm³/mol. The predicted octanol–water partition coefficient (Wildman–Crippen LogP) is 2.83. The Morgan fingerprint density at radius 3 is 2.76 bits per heavy atom. The van der Waals surface area contributed by atoms with Gasteiger partial charge in [-0.15, -0.1) is 0 Å². The summed E-state index contributed by atoms with van der Waals surface area (Å²) >= 11 is 0. The van der Waals surface area contributed by atoms with Crippen molar-refractivity contribution in [1.29, 1.82) is 0 Å². The first-order valence-electron chi connectivity index (χ1n) is 6.02. The molecule has 4 heteroatoms. The van der Waals surface area contributed by atoms with Gasteiger partial charge >= 0.3 is 0 Å². The number of aromatic nitrogens is 1. The zero-order valence-corrected chi connectivity index (χ0v) is 10.1. The Kier molecular flexibility index (Phi) is 4.05. The van der Waals surface area contributed by atoms with Crippen molar-refractivity contribution in [2.24, 2.45) is 0 Å². The monoisotopic (exact) mass is 240 g/mol. The highest BCUT2D eigenvalue weighted by Crippen LogP contribution is 2.40. The highest BCUT2D eigenvalue weighted by atomic mass is 19.1. The van der Waals surface area contributed by atoms with E-state index in [0.717, 1.165) is 5.56 Å². The first kappa shape index (κ1) is 12.4. The van der Waals surface area contributed by atoms with Crippen LogP contribution in [0.4, 0.5) is 8.78 Å². The summed E-state index contributed by atoms with van der Waals surface area (Å²) in [6.07, 6.45) is 4.19. The highest BCUT2D eigenvalue weighted by molar-refractivity contribution is 5.29. The Morgan fingerprint density at radius 2 is 2.18 bits per heavy atom. The Labute approximate surface area is 101 Å². The van der Waals surface area contributed by atoms with E-state index in [0.29, 0.717) is 24.7 Å². The summed E-state index contributed by atoms with van der Waals surface area (Å²) in [6, 6.07) is 2.04. The lowest BCUT2D eigenvalue weighted by Gasteiger charge is -2.16. The third-order valence-corrected chi connectivity index (χ3v) is 3.16. The topological polar surface area (TPSA) is 16.1 Å². The van der Waals surface area contributed by atoms with Gasteiger partial charge in [-0.2, -0.15) is 0 Å². The molecule has 0 amide bonds. The van der Waals surface area contributed by atoms with E-state index in [4.69, 9.17) is 0 Å². The highest BCUT2D eigenvalue weighted by Gasteiger charge is 2.24. The van der Waals surface area contributed by atoms with Crippen molar-refractivity contribution in [2.45, 2.75) is 32.0 Å². The van der Waals surface area contributed by atoms with Gasteiger partial charge < -0.3 is 0 Å². The van der Waals surface area contributed by atoms with E-state index < -0.39 is 6.67 Å². The molecule has 0 N–H and O–H groups in total. The number of halogens is 2. The lowest BCUT2D eigenvalue weighted by molar-refractivity contribution is 0.286. The van der Waals surface area contributed by atoms with Gasteiger partial charge in [0, 0.05) is 19.3 Å². The SMILES string of the molecule is CN(CCF)Cc1cc(C2CC2)cnc1CF. The number of rotatable bonds is 6. The maximum Gasteiger partial charge on any atom is 0.132 e. The molecule has 1 aliphatic carbocycles. The first-order valence-corrected chi connectivity index (χ1v) is 6.02. The molecule has 17 heavy (non-hydrogen) atoms. The fraction of sp³-hybridized carbons (Fsp3) is 0.615. The van der Waals surface area contributed by atoms with E-state index >= 15 is 0 Å². The average molecular weight is 240 g/mol. The first-order chi connectivity index (χ1) is 8.24. The maximum atomic E-state index is 12.8. The van der Waals surface area contributed by atoms with Gasteiger partial charge in [-0.25, -0.2) is 8.78 Å². The fourth-order valence-electron chi connectivity index (χ4n) is 1.97. The van der Waals surface area contributed by atoms with Crippen molar-refractivity contribution in [3.8, 4) is 0 Å². The van der Waals surface area contributed by atoms with Crippen LogP contribution >= 0.6 is 0 Å². The maximum absolute atomic E-state index is 12.8. The van der Waals surface area contributed by atoms with Gasteiger partial charge in [-0.1, -0.05) is 6.07 Å².